The molecule has 2 heterocycles. The monoisotopic (exact) mass is 348 g/mol. The van der Waals surface area contributed by atoms with Crippen LogP contribution >= 0.6 is 0 Å². The molecule has 3 fully saturated rings. The molecule has 7 atom stereocenters. The molecule has 0 bridgehead atoms. The third kappa shape index (κ3) is 3.16. The number of quaternary nitrogens is 1. The first-order valence-corrected chi connectivity index (χ1v) is 10.3. The number of rotatable bonds is 2. The average Bonchev–Trinajstić information content (AvgIpc) is 2.79. The van der Waals surface area contributed by atoms with Gasteiger partial charge in [-0.1, -0.05) is 31.9 Å². The van der Waals surface area contributed by atoms with Crippen molar-refractivity contribution in [2.75, 3.05) is 19.6 Å². The quantitative estimate of drug-likeness (QED) is 0.613. The Kier molecular flexibility index (Phi) is 4.48. The molecule has 0 aromatic carbocycles. The Morgan fingerprint density at radius 1 is 1.24 bits per heavy atom. The van der Waals surface area contributed by atoms with Crippen LogP contribution in [0.15, 0.2) is 11.6 Å². The zero-order valence-electron chi connectivity index (χ0n) is 16.2. The van der Waals surface area contributed by atoms with Crippen molar-refractivity contribution in [1.82, 2.24) is 0 Å². The molecule has 1 saturated carbocycles. The molecule has 0 radical (unpaired) electrons. The van der Waals surface area contributed by atoms with E-state index in [2.05, 4.69) is 33.8 Å². The third-order valence-corrected chi connectivity index (χ3v) is 7.21. The van der Waals surface area contributed by atoms with Crippen LogP contribution in [0.1, 0.15) is 53.4 Å². The molecule has 1 N–H and O–H groups in total. The fourth-order valence-electron chi connectivity index (χ4n) is 6.15. The van der Waals surface area contributed by atoms with Crippen molar-refractivity contribution in [2.45, 2.75) is 71.7 Å². The molecule has 4 aliphatic rings. The highest BCUT2D eigenvalue weighted by molar-refractivity contribution is 5.76. The summed E-state index contributed by atoms with van der Waals surface area (Å²) in [6.45, 7) is 11.9. The summed E-state index contributed by atoms with van der Waals surface area (Å²) in [5, 5.41) is 0. The molecule has 2 saturated heterocycles. The van der Waals surface area contributed by atoms with Crippen molar-refractivity contribution in [3.63, 3.8) is 0 Å². The summed E-state index contributed by atoms with van der Waals surface area (Å²) in [7, 11) is 0. The predicted octanol–water partition coefficient (Wildman–Crippen LogP) is 1.99. The van der Waals surface area contributed by atoms with E-state index < -0.39 is 0 Å². The number of morpholine rings is 1. The van der Waals surface area contributed by atoms with Gasteiger partial charge in [0.2, 0.25) is 0 Å². The van der Waals surface area contributed by atoms with E-state index in [9.17, 15) is 4.79 Å². The zero-order valence-corrected chi connectivity index (χ0v) is 16.2. The molecule has 0 aromatic rings. The Hall–Kier alpha value is -0.870. The maximum Gasteiger partial charge on any atom is 0.315 e. The van der Waals surface area contributed by atoms with Gasteiger partial charge in [-0.15, -0.1) is 0 Å². The van der Waals surface area contributed by atoms with E-state index in [4.69, 9.17) is 9.47 Å². The number of ether oxygens (including phenoxy) is 2. The van der Waals surface area contributed by atoms with Gasteiger partial charge in [0.05, 0.1) is 6.54 Å². The van der Waals surface area contributed by atoms with E-state index in [1.807, 2.05) is 0 Å². The first-order valence-electron chi connectivity index (χ1n) is 10.3. The van der Waals surface area contributed by atoms with Crippen LogP contribution in [0.4, 0.5) is 0 Å². The number of hydrogen-bond acceptors (Lipinski definition) is 3. The Bertz CT molecular complexity index is 563. The summed E-state index contributed by atoms with van der Waals surface area (Å²) in [5.41, 5.74) is 1.87. The van der Waals surface area contributed by atoms with Crippen molar-refractivity contribution < 1.29 is 19.2 Å². The van der Waals surface area contributed by atoms with Crippen molar-refractivity contribution in [2.24, 2.45) is 23.2 Å². The Balaban J connectivity index is 1.55. The number of esters is 1. The summed E-state index contributed by atoms with van der Waals surface area (Å²) < 4.78 is 11.8. The van der Waals surface area contributed by atoms with E-state index in [-0.39, 0.29) is 41.5 Å². The molecular formula is C21H34NO3+. The molecule has 2 aliphatic heterocycles. The first-order chi connectivity index (χ1) is 11.9. The maximum atomic E-state index is 12.7. The molecule has 25 heavy (non-hydrogen) atoms. The largest absolute Gasteiger partial charge is 0.461 e. The van der Waals surface area contributed by atoms with Crippen LogP contribution in [0.2, 0.25) is 0 Å². The molecule has 0 aromatic heterocycles. The highest BCUT2D eigenvalue weighted by Crippen LogP contribution is 2.53. The second-order valence-electron chi connectivity index (χ2n) is 9.46. The predicted molar refractivity (Wildman–Crippen MR) is 96.3 cm³/mol. The summed E-state index contributed by atoms with van der Waals surface area (Å²) >= 11 is 0. The van der Waals surface area contributed by atoms with Gasteiger partial charge in [0.25, 0.3) is 0 Å². The Morgan fingerprint density at radius 3 is 2.68 bits per heavy atom. The van der Waals surface area contributed by atoms with E-state index in [0.29, 0.717) is 5.92 Å². The molecule has 0 spiro atoms. The SMILES string of the molecule is C[C@H]1C[NH+](C[C@H]2C(=O)O[C@@H]3C[C@@]4(C)CCC[C@H](C)C4=C[C@@H]32)C[C@H](C)O1. The molecule has 4 rings (SSSR count). The first kappa shape index (κ1) is 17.5. The topological polar surface area (TPSA) is 40.0 Å². The smallest absolute Gasteiger partial charge is 0.315 e. The normalized spacial score (nSPS) is 49.8. The lowest BCUT2D eigenvalue weighted by Gasteiger charge is -2.46. The summed E-state index contributed by atoms with van der Waals surface area (Å²) in [6.07, 6.45) is 8.00. The van der Waals surface area contributed by atoms with E-state index in [1.54, 1.807) is 5.57 Å². The van der Waals surface area contributed by atoms with Gasteiger partial charge in [-0.25, -0.2) is 0 Å². The van der Waals surface area contributed by atoms with Gasteiger partial charge in [0, 0.05) is 5.92 Å². The summed E-state index contributed by atoms with van der Waals surface area (Å²) in [5.74, 6) is 1.02. The van der Waals surface area contributed by atoms with Gasteiger partial charge in [0.15, 0.2) is 0 Å². The van der Waals surface area contributed by atoms with Crippen LogP contribution in [0.3, 0.4) is 0 Å². The van der Waals surface area contributed by atoms with Gasteiger partial charge in [-0.05, 0) is 44.4 Å². The Labute approximate surface area is 151 Å². The minimum absolute atomic E-state index is 0.0312. The van der Waals surface area contributed by atoms with Crippen molar-refractivity contribution >= 4 is 5.97 Å². The van der Waals surface area contributed by atoms with Crippen molar-refractivity contribution in [1.29, 1.82) is 0 Å². The number of nitrogens with one attached hydrogen (secondary N) is 1. The number of carbonyl (C=O) groups excluding carboxylic acids is 1. The van der Waals surface area contributed by atoms with Crippen LogP contribution in [-0.4, -0.2) is 43.9 Å². The molecule has 2 aliphatic carbocycles. The zero-order chi connectivity index (χ0) is 17.8. The summed E-state index contributed by atoms with van der Waals surface area (Å²) in [6, 6.07) is 0. The minimum atomic E-state index is 0.0312. The van der Waals surface area contributed by atoms with Crippen LogP contribution in [0.5, 0.6) is 0 Å². The fourth-order valence-corrected chi connectivity index (χ4v) is 6.15. The fraction of sp³-hybridized carbons (Fsp3) is 0.857. The van der Waals surface area contributed by atoms with Crippen molar-refractivity contribution in [3.8, 4) is 0 Å². The van der Waals surface area contributed by atoms with Crippen LogP contribution in [0, 0.1) is 23.2 Å². The molecule has 4 heteroatoms. The molecule has 0 amide bonds. The minimum Gasteiger partial charge on any atom is -0.461 e. The number of allylic oxidation sites excluding steroid dienone is 1. The van der Waals surface area contributed by atoms with Gasteiger partial charge < -0.3 is 14.4 Å². The van der Waals surface area contributed by atoms with Crippen molar-refractivity contribution in [3.05, 3.63) is 11.6 Å². The number of hydrogen-bond donors (Lipinski definition) is 1. The molecule has 140 valence electrons. The highest BCUT2D eigenvalue weighted by atomic mass is 16.6. The maximum absolute atomic E-state index is 12.7. The summed E-state index contributed by atoms with van der Waals surface area (Å²) in [4.78, 5) is 14.2. The van der Waals surface area contributed by atoms with Gasteiger partial charge >= 0.3 is 5.97 Å². The van der Waals surface area contributed by atoms with Crippen LogP contribution < -0.4 is 4.90 Å². The van der Waals surface area contributed by atoms with Gasteiger partial charge in [-0.2, -0.15) is 0 Å². The lowest BCUT2D eigenvalue weighted by Crippen LogP contribution is -3.16. The molecule has 0 unspecified atom stereocenters. The van der Waals surface area contributed by atoms with E-state index in [1.165, 1.54) is 24.2 Å². The van der Waals surface area contributed by atoms with Crippen LogP contribution in [-0.2, 0) is 14.3 Å². The number of carbonyl (C=O) groups is 1. The van der Waals surface area contributed by atoms with Gasteiger partial charge in [0.1, 0.15) is 37.3 Å². The molecular weight excluding hydrogens is 314 g/mol. The number of fused-ring (bicyclic) bond motifs is 2. The third-order valence-electron chi connectivity index (χ3n) is 7.21. The Morgan fingerprint density at radius 2 is 1.96 bits per heavy atom. The van der Waals surface area contributed by atoms with Crippen LogP contribution in [0.25, 0.3) is 0 Å². The lowest BCUT2D eigenvalue weighted by atomic mass is 9.59. The van der Waals surface area contributed by atoms with Gasteiger partial charge in [-0.3, -0.25) is 4.79 Å². The average molecular weight is 349 g/mol. The van der Waals surface area contributed by atoms with E-state index >= 15 is 0 Å². The van der Waals surface area contributed by atoms with E-state index in [0.717, 1.165) is 26.1 Å². The lowest BCUT2D eigenvalue weighted by molar-refractivity contribution is -0.917. The second-order valence-corrected chi connectivity index (χ2v) is 9.46. The highest BCUT2D eigenvalue weighted by Gasteiger charge is 2.53. The molecule has 4 nitrogen and oxygen atoms in total. The second kappa shape index (κ2) is 6.38. The standard InChI is InChI=1S/C21H33NO3/c1-13-6-5-7-21(4)9-19-16(8-18(13)21)17(20(23)25-19)12-22-10-14(2)24-15(3)11-22/h8,13-17,19H,5-7,9-12H2,1-4H3/p+1/t13-,14-,15-,16+,17+,19+,21+/m0/s1.